The number of nitrogens with zero attached hydrogens (tertiary/aromatic N) is 2. The Bertz CT molecular complexity index is 842. The summed E-state index contributed by atoms with van der Waals surface area (Å²) in [5, 5.41) is 3.24. The minimum Gasteiger partial charge on any atom is -0.352 e. The van der Waals surface area contributed by atoms with E-state index in [1.54, 1.807) is 18.2 Å². The van der Waals surface area contributed by atoms with Gasteiger partial charge in [-0.25, -0.2) is 0 Å². The predicted octanol–water partition coefficient (Wildman–Crippen LogP) is 2.83. The molecule has 1 atom stereocenters. The minimum absolute atomic E-state index is 0.0195. The number of benzene rings is 1. The summed E-state index contributed by atoms with van der Waals surface area (Å²) in [6, 6.07) is 6.80. The van der Waals surface area contributed by atoms with Gasteiger partial charge in [0.1, 0.15) is 10.9 Å². The molecule has 146 valence electrons. The number of fused-ring (bicyclic) bond motifs is 1. The SMILES string of the molecule is O=C(NC1CCCCCC1)[C@H]1CCCCN1C1=NS(=O)(=O)c2ccccc21. The third kappa shape index (κ3) is 3.74. The van der Waals surface area contributed by atoms with E-state index in [1.165, 1.54) is 12.8 Å². The highest BCUT2D eigenvalue weighted by Crippen LogP contribution is 2.31. The molecule has 1 aliphatic carbocycles. The highest BCUT2D eigenvalue weighted by Gasteiger charge is 2.38. The molecule has 7 heteroatoms. The van der Waals surface area contributed by atoms with Crippen LogP contribution >= 0.6 is 0 Å². The van der Waals surface area contributed by atoms with Crippen LogP contribution in [-0.2, 0) is 14.8 Å². The maximum Gasteiger partial charge on any atom is 0.285 e. The molecule has 6 nitrogen and oxygen atoms in total. The number of hydrogen-bond acceptors (Lipinski definition) is 4. The summed E-state index contributed by atoms with van der Waals surface area (Å²) >= 11 is 0. The monoisotopic (exact) mass is 389 g/mol. The Morgan fingerprint density at radius 1 is 1.00 bits per heavy atom. The Morgan fingerprint density at radius 3 is 2.48 bits per heavy atom. The third-order valence-corrected chi connectivity index (χ3v) is 7.22. The lowest BCUT2D eigenvalue weighted by Gasteiger charge is -2.37. The Labute approximate surface area is 161 Å². The summed E-state index contributed by atoms with van der Waals surface area (Å²) in [7, 11) is -3.67. The number of amides is 1. The van der Waals surface area contributed by atoms with Gasteiger partial charge in [0.25, 0.3) is 10.0 Å². The molecule has 2 aliphatic heterocycles. The van der Waals surface area contributed by atoms with Crippen molar-refractivity contribution >= 4 is 21.8 Å². The van der Waals surface area contributed by atoms with Crippen LogP contribution in [0.4, 0.5) is 0 Å². The van der Waals surface area contributed by atoms with E-state index in [1.807, 2.05) is 11.0 Å². The van der Waals surface area contributed by atoms with Gasteiger partial charge in [0.15, 0.2) is 5.84 Å². The van der Waals surface area contributed by atoms with E-state index in [-0.39, 0.29) is 22.9 Å². The molecule has 1 aromatic carbocycles. The van der Waals surface area contributed by atoms with Gasteiger partial charge < -0.3 is 10.2 Å². The first-order valence-electron chi connectivity index (χ1n) is 10.1. The van der Waals surface area contributed by atoms with Crippen molar-refractivity contribution in [2.24, 2.45) is 4.40 Å². The maximum absolute atomic E-state index is 13.1. The van der Waals surface area contributed by atoms with Gasteiger partial charge in [0.2, 0.25) is 5.91 Å². The van der Waals surface area contributed by atoms with Crippen LogP contribution in [0.3, 0.4) is 0 Å². The third-order valence-electron chi connectivity index (χ3n) is 5.89. The van der Waals surface area contributed by atoms with Crippen LogP contribution in [0.25, 0.3) is 0 Å². The summed E-state index contributed by atoms with van der Waals surface area (Å²) < 4.78 is 28.9. The van der Waals surface area contributed by atoms with Crippen LogP contribution in [0.5, 0.6) is 0 Å². The molecule has 2 heterocycles. The molecule has 27 heavy (non-hydrogen) atoms. The second-order valence-corrected chi connectivity index (χ2v) is 9.36. The van der Waals surface area contributed by atoms with Crippen molar-refractivity contribution in [3.8, 4) is 0 Å². The highest BCUT2D eigenvalue weighted by atomic mass is 32.2. The van der Waals surface area contributed by atoms with E-state index in [2.05, 4.69) is 9.71 Å². The fourth-order valence-electron chi connectivity index (χ4n) is 4.47. The molecule has 4 rings (SSSR count). The Hall–Kier alpha value is -1.89. The topological polar surface area (TPSA) is 78.8 Å². The number of sulfonamides is 1. The number of amidine groups is 1. The quantitative estimate of drug-likeness (QED) is 0.789. The smallest absolute Gasteiger partial charge is 0.285 e. The number of hydrogen-bond donors (Lipinski definition) is 1. The van der Waals surface area contributed by atoms with Crippen molar-refractivity contribution in [2.75, 3.05) is 6.54 Å². The molecule has 0 unspecified atom stereocenters. The normalized spacial score (nSPS) is 25.4. The standard InChI is InChI=1S/C20H27N3O3S/c24-20(21-15-9-3-1-2-4-10-15)17-12-7-8-14-23(17)19-16-11-5-6-13-18(16)27(25,26)22-19/h5-6,11,13,15,17H,1-4,7-10,12,14H2,(H,21,24)/t17-/m1/s1. The van der Waals surface area contributed by atoms with E-state index >= 15 is 0 Å². The molecule has 0 bridgehead atoms. The summed E-state index contributed by atoms with van der Waals surface area (Å²) in [6.45, 7) is 0.658. The maximum atomic E-state index is 13.1. The van der Waals surface area contributed by atoms with E-state index < -0.39 is 10.0 Å². The zero-order valence-electron chi connectivity index (χ0n) is 15.6. The van der Waals surface area contributed by atoms with Crippen LogP contribution in [0.1, 0.15) is 63.4 Å². The Kier molecular flexibility index (Phi) is 5.21. The molecule has 0 radical (unpaired) electrons. The summed E-state index contributed by atoms with van der Waals surface area (Å²) in [4.78, 5) is 15.2. The van der Waals surface area contributed by atoms with Crippen LogP contribution in [0, 0.1) is 0 Å². The lowest BCUT2D eigenvalue weighted by atomic mass is 9.98. The molecule has 1 aromatic rings. The number of nitrogens with one attached hydrogen (secondary N) is 1. The first kappa shape index (κ1) is 18.5. The largest absolute Gasteiger partial charge is 0.352 e. The van der Waals surface area contributed by atoms with Crippen molar-refractivity contribution in [3.63, 3.8) is 0 Å². The highest BCUT2D eigenvalue weighted by molar-refractivity contribution is 7.90. The van der Waals surface area contributed by atoms with Crippen LogP contribution in [0.2, 0.25) is 0 Å². The van der Waals surface area contributed by atoms with Crippen molar-refractivity contribution < 1.29 is 13.2 Å². The number of carbonyl (C=O) groups excluding carboxylic acids is 1. The molecule has 2 fully saturated rings. The molecule has 0 aromatic heterocycles. The number of carbonyl (C=O) groups is 1. The molecule has 1 saturated carbocycles. The Balaban J connectivity index is 1.57. The van der Waals surface area contributed by atoms with E-state index in [0.29, 0.717) is 17.9 Å². The van der Waals surface area contributed by atoms with E-state index in [0.717, 1.165) is 44.9 Å². The second-order valence-electron chi connectivity index (χ2n) is 7.79. The molecule has 1 amide bonds. The average molecular weight is 390 g/mol. The molecule has 3 aliphatic rings. The van der Waals surface area contributed by atoms with Gasteiger partial charge in [0, 0.05) is 18.2 Å². The molecule has 1 saturated heterocycles. The molecular formula is C20H27N3O3S. The molecule has 0 spiro atoms. The van der Waals surface area contributed by atoms with Crippen molar-refractivity contribution in [3.05, 3.63) is 29.8 Å². The average Bonchev–Trinajstić information content (AvgIpc) is 2.82. The van der Waals surface area contributed by atoms with Crippen molar-refractivity contribution in [2.45, 2.75) is 74.8 Å². The van der Waals surface area contributed by atoms with Crippen LogP contribution < -0.4 is 5.32 Å². The predicted molar refractivity (Wildman–Crippen MR) is 104 cm³/mol. The van der Waals surface area contributed by atoms with Gasteiger partial charge in [-0.1, -0.05) is 37.8 Å². The van der Waals surface area contributed by atoms with Crippen LogP contribution in [0.15, 0.2) is 33.6 Å². The first-order valence-corrected chi connectivity index (χ1v) is 11.5. The van der Waals surface area contributed by atoms with Gasteiger partial charge in [-0.2, -0.15) is 8.42 Å². The fourth-order valence-corrected chi connectivity index (χ4v) is 5.69. The summed E-state index contributed by atoms with van der Waals surface area (Å²) in [5.41, 5.74) is 0.617. The summed E-state index contributed by atoms with van der Waals surface area (Å²) in [5.74, 6) is 0.456. The van der Waals surface area contributed by atoms with Gasteiger partial charge in [0.05, 0.1) is 0 Å². The van der Waals surface area contributed by atoms with Crippen molar-refractivity contribution in [1.29, 1.82) is 0 Å². The van der Waals surface area contributed by atoms with E-state index in [9.17, 15) is 13.2 Å². The first-order chi connectivity index (χ1) is 13.1. The van der Waals surface area contributed by atoms with Crippen LogP contribution in [-0.4, -0.2) is 43.7 Å². The Morgan fingerprint density at radius 2 is 1.70 bits per heavy atom. The van der Waals surface area contributed by atoms with Gasteiger partial charge in [-0.15, -0.1) is 4.40 Å². The zero-order chi connectivity index (χ0) is 18.9. The lowest BCUT2D eigenvalue weighted by molar-refractivity contribution is -0.126. The van der Waals surface area contributed by atoms with Gasteiger partial charge in [-0.3, -0.25) is 4.79 Å². The minimum atomic E-state index is -3.67. The van der Waals surface area contributed by atoms with E-state index in [4.69, 9.17) is 0 Å². The molecule has 1 N–H and O–H groups in total. The summed E-state index contributed by atoms with van der Waals surface area (Å²) in [6.07, 6.45) is 9.54. The fraction of sp³-hybridized carbons (Fsp3) is 0.600. The number of piperidine rings is 1. The molecular weight excluding hydrogens is 362 g/mol. The lowest BCUT2D eigenvalue weighted by Crippen LogP contribution is -2.53. The zero-order valence-corrected chi connectivity index (χ0v) is 16.4. The van der Waals surface area contributed by atoms with Gasteiger partial charge >= 0.3 is 0 Å². The number of likely N-dealkylation sites (tertiary alicyclic amines) is 1. The second kappa shape index (κ2) is 7.62. The van der Waals surface area contributed by atoms with Crippen molar-refractivity contribution in [1.82, 2.24) is 10.2 Å². The number of rotatable bonds is 2. The van der Waals surface area contributed by atoms with Gasteiger partial charge in [-0.05, 0) is 44.2 Å².